The molecule has 0 fully saturated rings. The first kappa shape index (κ1) is 13.4. The number of aryl methyl sites for hydroxylation is 1. The van der Waals surface area contributed by atoms with E-state index in [0.29, 0.717) is 12.0 Å². The summed E-state index contributed by atoms with van der Waals surface area (Å²) >= 11 is 0. The van der Waals surface area contributed by atoms with Crippen molar-refractivity contribution in [2.24, 2.45) is 5.92 Å². The summed E-state index contributed by atoms with van der Waals surface area (Å²) in [6.07, 6.45) is 2.27. The van der Waals surface area contributed by atoms with Crippen molar-refractivity contribution in [3.63, 3.8) is 0 Å². The Hall–Kier alpha value is -1.02. The summed E-state index contributed by atoms with van der Waals surface area (Å²) in [6.45, 7) is 9.97. The van der Waals surface area contributed by atoms with Crippen molar-refractivity contribution in [2.75, 3.05) is 13.7 Å². The molecule has 1 aliphatic heterocycles. The van der Waals surface area contributed by atoms with Gasteiger partial charge in [0.05, 0.1) is 7.11 Å². The molecule has 0 bridgehead atoms. The average molecular weight is 247 g/mol. The first-order chi connectivity index (χ1) is 8.54. The minimum absolute atomic E-state index is 0.488. The number of ether oxygens (including phenoxy) is 1. The fraction of sp³-hybridized carbons (Fsp3) is 0.625. The largest absolute Gasteiger partial charge is 0.496 e. The third-order valence-corrected chi connectivity index (χ3v) is 3.98. The van der Waals surface area contributed by atoms with E-state index in [9.17, 15) is 0 Å². The zero-order valence-electron chi connectivity index (χ0n) is 12.3. The summed E-state index contributed by atoms with van der Waals surface area (Å²) in [6, 6.07) is 2.84. The van der Waals surface area contributed by atoms with Crippen LogP contribution < -0.4 is 10.1 Å². The van der Waals surface area contributed by atoms with E-state index in [2.05, 4.69) is 39.1 Å². The monoisotopic (exact) mass is 247 g/mol. The molecule has 1 aromatic rings. The van der Waals surface area contributed by atoms with Crippen LogP contribution in [0.15, 0.2) is 6.07 Å². The Morgan fingerprint density at radius 2 is 2.11 bits per heavy atom. The summed E-state index contributed by atoms with van der Waals surface area (Å²) in [5.41, 5.74) is 5.50. The third-order valence-electron chi connectivity index (χ3n) is 3.98. The Kier molecular flexibility index (Phi) is 3.96. The van der Waals surface area contributed by atoms with E-state index in [1.54, 1.807) is 7.11 Å². The Balaban J connectivity index is 2.47. The molecule has 1 N–H and O–H groups in total. The topological polar surface area (TPSA) is 21.3 Å². The number of methoxy groups -OCH3 is 1. The van der Waals surface area contributed by atoms with Gasteiger partial charge >= 0.3 is 0 Å². The minimum Gasteiger partial charge on any atom is -0.496 e. The lowest BCUT2D eigenvalue weighted by Gasteiger charge is -2.31. The Morgan fingerprint density at radius 3 is 2.72 bits per heavy atom. The fourth-order valence-electron chi connectivity index (χ4n) is 2.97. The lowest BCUT2D eigenvalue weighted by Crippen LogP contribution is -2.31. The lowest BCUT2D eigenvalue weighted by atomic mass is 9.86. The first-order valence-corrected chi connectivity index (χ1v) is 6.95. The van der Waals surface area contributed by atoms with E-state index in [1.165, 1.54) is 28.7 Å². The van der Waals surface area contributed by atoms with Crippen molar-refractivity contribution < 1.29 is 4.74 Å². The van der Waals surface area contributed by atoms with Crippen LogP contribution in [-0.2, 0) is 6.42 Å². The summed E-state index contributed by atoms with van der Waals surface area (Å²) in [5, 5.41) is 3.65. The molecule has 0 saturated carbocycles. The minimum atomic E-state index is 0.488. The highest BCUT2D eigenvalue weighted by molar-refractivity contribution is 5.52. The predicted octanol–water partition coefficient (Wildman–Crippen LogP) is 3.54. The van der Waals surface area contributed by atoms with Crippen LogP contribution in [0.5, 0.6) is 5.75 Å². The molecule has 1 heterocycles. The van der Waals surface area contributed by atoms with Gasteiger partial charge in [0, 0.05) is 11.6 Å². The van der Waals surface area contributed by atoms with Crippen LogP contribution in [0.4, 0.5) is 0 Å². The van der Waals surface area contributed by atoms with E-state index < -0.39 is 0 Å². The number of nitrogens with one attached hydrogen (secondary N) is 1. The highest BCUT2D eigenvalue weighted by Crippen LogP contribution is 2.37. The highest BCUT2D eigenvalue weighted by atomic mass is 16.5. The second kappa shape index (κ2) is 5.31. The summed E-state index contributed by atoms with van der Waals surface area (Å²) in [7, 11) is 1.79. The van der Waals surface area contributed by atoms with Gasteiger partial charge in [-0.3, -0.25) is 0 Å². The van der Waals surface area contributed by atoms with Gasteiger partial charge in [-0.25, -0.2) is 0 Å². The van der Waals surface area contributed by atoms with Gasteiger partial charge in [-0.15, -0.1) is 0 Å². The average Bonchev–Trinajstić information content (AvgIpc) is 2.31. The molecular formula is C16H25NO. The molecule has 0 aromatic heterocycles. The molecule has 0 spiro atoms. The fourth-order valence-corrected chi connectivity index (χ4v) is 2.97. The van der Waals surface area contributed by atoms with Gasteiger partial charge < -0.3 is 10.1 Å². The Labute approximate surface area is 111 Å². The van der Waals surface area contributed by atoms with Crippen LogP contribution in [0, 0.1) is 19.8 Å². The van der Waals surface area contributed by atoms with E-state index >= 15 is 0 Å². The molecule has 1 aromatic carbocycles. The Morgan fingerprint density at radius 1 is 1.39 bits per heavy atom. The molecule has 2 nitrogen and oxygen atoms in total. The van der Waals surface area contributed by atoms with Crippen molar-refractivity contribution >= 4 is 0 Å². The second-order valence-electron chi connectivity index (χ2n) is 5.81. The molecule has 2 heteroatoms. The maximum absolute atomic E-state index is 5.65. The molecule has 100 valence electrons. The maximum atomic E-state index is 5.65. The zero-order valence-corrected chi connectivity index (χ0v) is 12.3. The predicted molar refractivity (Wildman–Crippen MR) is 76.4 cm³/mol. The zero-order chi connectivity index (χ0) is 13.3. The summed E-state index contributed by atoms with van der Waals surface area (Å²) in [5.74, 6) is 1.82. The molecule has 1 aliphatic rings. The van der Waals surface area contributed by atoms with Gasteiger partial charge in [0.2, 0.25) is 0 Å². The number of rotatable bonds is 3. The number of hydrogen-bond donors (Lipinski definition) is 1. The van der Waals surface area contributed by atoms with Crippen molar-refractivity contribution in [2.45, 2.75) is 46.6 Å². The molecule has 0 radical (unpaired) electrons. The maximum Gasteiger partial charge on any atom is 0.125 e. The Bertz CT molecular complexity index is 437. The SMILES string of the molecule is COc1c(C)c(C)cc2c1CCNC2CC(C)C. The van der Waals surface area contributed by atoms with Crippen molar-refractivity contribution in [3.05, 3.63) is 28.3 Å². The van der Waals surface area contributed by atoms with Gasteiger partial charge in [-0.05, 0) is 55.8 Å². The standard InChI is InChI=1S/C16H25NO/c1-10(2)8-15-14-9-11(3)12(4)16(18-5)13(14)6-7-17-15/h9-10,15,17H,6-8H2,1-5H3. The summed E-state index contributed by atoms with van der Waals surface area (Å²) < 4.78 is 5.65. The van der Waals surface area contributed by atoms with E-state index in [0.717, 1.165) is 18.7 Å². The summed E-state index contributed by atoms with van der Waals surface area (Å²) in [4.78, 5) is 0. The number of fused-ring (bicyclic) bond motifs is 1. The van der Waals surface area contributed by atoms with Crippen LogP contribution >= 0.6 is 0 Å². The van der Waals surface area contributed by atoms with Crippen molar-refractivity contribution in [3.8, 4) is 5.75 Å². The lowest BCUT2D eigenvalue weighted by molar-refractivity contribution is 0.382. The third kappa shape index (κ3) is 2.39. The van der Waals surface area contributed by atoms with E-state index in [1.807, 2.05) is 0 Å². The van der Waals surface area contributed by atoms with Crippen molar-refractivity contribution in [1.29, 1.82) is 0 Å². The van der Waals surface area contributed by atoms with Gasteiger partial charge in [-0.2, -0.15) is 0 Å². The molecular weight excluding hydrogens is 222 g/mol. The van der Waals surface area contributed by atoms with Crippen LogP contribution in [0.1, 0.15) is 48.6 Å². The van der Waals surface area contributed by atoms with E-state index in [-0.39, 0.29) is 0 Å². The number of hydrogen-bond acceptors (Lipinski definition) is 2. The second-order valence-corrected chi connectivity index (χ2v) is 5.81. The van der Waals surface area contributed by atoms with Crippen molar-refractivity contribution in [1.82, 2.24) is 5.32 Å². The quantitative estimate of drug-likeness (QED) is 0.882. The molecule has 0 saturated heterocycles. The van der Waals surface area contributed by atoms with Crippen LogP contribution in [0.2, 0.25) is 0 Å². The molecule has 2 rings (SSSR count). The van der Waals surface area contributed by atoms with Gasteiger partial charge in [-0.1, -0.05) is 19.9 Å². The normalized spacial score (nSPS) is 18.9. The van der Waals surface area contributed by atoms with Crippen LogP contribution in [-0.4, -0.2) is 13.7 Å². The molecule has 0 amide bonds. The highest BCUT2D eigenvalue weighted by Gasteiger charge is 2.24. The molecule has 1 unspecified atom stereocenters. The molecule has 18 heavy (non-hydrogen) atoms. The smallest absolute Gasteiger partial charge is 0.125 e. The first-order valence-electron chi connectivity index (χ1n) is 6.95. The van der Waals surface area contributed by atoms with Gasteiger partial charge in [0.1, 0.15) is 5.75 Å². The van der Waals surface area contributed by atoms with E-state index in [4.69, 9.17) is 4.74 Å². The number of benzene rings is 1. The van der Waals surface area contributed by atoms with Gasteiger partial charge in [0.15, 0.2) is 0 Å². The molecule has 1 atom stereocenters. The van der Waals surface area contributed by atoms with Crippen LogP contribution in [0.25, 0.3) is 0 Å². The van der Waals surface area contributed by atoms with Gasteiger partial charge in [0.25, 0.3) is 0 Å². The van der Waals surface area contributed by atoms with Crippen LogP contribution in [0.3, 0.4) is 0 Å². The molecule has 0 aliphatic carbocycles.